The minimum atomic E-state index is -3.68. The van der Waals surface area contributed by atoms with E-state index in [0.717, 1.165) is 16.5 Å². The predicted molar refractivity (Wildman–Crippen MR) is 115 cm³/mol. The van der Waals surface area contributed by atoms with Gasteiger partial charge in [0.05, 0.1) is 9.79 Å². The van der Waals surface area contributed by atoms with Crippen molar-refractivity contribution in [1.82, 2.24) is 15.3 Å². The Morgan fingerprint density at radius 1 is 1.13 bits per heavy atom. The lowest BCUT2D eigenvalue weighted by Crippen LogP contribution is -2.23. The largest absolute Gasteiger partial charge is 0.350 e. The maximum Gasteiger partial charge on any atom is 0.267 e. The standard InChI is InChI=1S/C22H18ClN3O3S/c1-14-18(23)3-2-4-21(14)30(28,29)17-7-5-15(6-8-17)12-25-22(27)20-11-16-13-24-10-9-19(16)26-20/h2-11,13,26H,12H2,1H3,(H,25,27). The highest BCUT2D eigenvalue weighted by Crippen LogP contribution is 2.28. The van der Waals surface area contributed by atoms with Gasteiger partial charge in [-0.15, -0.1) is 0 Å². The van der Waals surface area contributed by atoms with Gasteiger partial charge < -0.3 is 10.3 Å². The number of aromatic amines is 1. The average Bonchev–Trinajstić information content (AvgIpc) is 3.18. The van der Waals surface area contributed by atoms with E-state index < -0.39 is 9.84 Å². The van der Waals surface area contributed by atoms with Crippen molar-refractivity contribution in [3.8, 4) is 0 Å². The van der Waals surface area contributed by atoms with Crippen LogP contribution in [0.15, 0.2) is 76.8 Å². The van der Waals surface area contributed by atoms with Gasteiger partial charge in [-0.05, 0) is 54.4 Å². The molecule has 2 heterocycles. The molecule has 0 saturated heterocycles. The third-order valence-corrected chi connectivity index (χ3v) is 7.18. The van der Waals surface area contributed by atoms with Crippen molar-refractivity contribution in [3.63, 3.8) is 0 Å². The minimum absolute atomic E-state index is 0.172. The van der Waals surface area contributed by atoms with E-state index in [1.165, 1.54) is 12.1 Å². The summed E-state index contributed by atoms with van der Waals surface area (Å²) in [7, 11) is -3.68. The number of carbonyl (C=O) groups is 1. The van der Waals surface area contributed by atoms with E-state index in [1.54, 1.807) is 61.8 Å². The van der Waals surface area contributed by atoms with Crippen molar-refractivity contribution >= 4 is 38.2 Å². The van der Waals surface area contributed by atoms with Gasteiger partial charge in [0.15, 0.2) is 0 Å². The molecular weight excluding hydrogens is 422 g/mol. The van der Waals surface area contributed by atoms with Gasteiger partial charge >= 0.3 is 0 Å². The van der Waals surface area contributed by atoms with Crippen LogP contribution in [0.25, 0.3) is 10.9 Å². The summed E-state index contributed by atoms with van der Waals surface area (Å²) < 4.78 is 25.8. The number of benzene rings is 2. The van der Waals surface area contributed by atoms with Gasteiger partial charge in [0, 0.05) is 34.9 Å². The molecule has 0 aliphatic carbocycles. The molecular formula is C22H18ClN3O3S. The summed E-state index contributed by atoms with van der Waals surface area (Å²) in [5.41, 5.74) is 2.57. The fourth-order valence-corrected chi connectivity index (χ4v) is 4.91. The van der Waals surface area contributed by atoms with Crippen molar-refractivity contribution in [2.24, 2.45) is 0 Å². The number of nitrogens with one attached hydrogen (secondary N) is 2. The summed E-state index contributed by atoms with van der Waals surface area (Å²) in [6.07, 6.45) is 3.34. The number of halogens is 1. The number of carbonyl (C=O) groups excluding carboxylic acids is 1. The van der Waals surface area contributed by atoms with Crippen LogP contribution in [0, 0.1) is 6.92 Å². The number of rotatable bonds is 5. The number of hydrogen-bond acceptors (Lipinski definition) is 4. The van der Waals surface area contributed by atoms with Gasteiger partial charge in [0.2, 0.25) is 9.84 Å². The van der Waals surface area contributed by atoms with E-state index in [1.807, 2.05) is 0 Å². The van der Waals surface area contributed by atoms with Crippen LogP contribution in [0.2, 0.25) is 5.02 Å². The molecule has 0 fully saturated rings. The minimum Gasteiger partial charge on any atom is -0.350 e. The smallest absolute Gasteiger partial charge is 0.267 e. The first-order valence-electron chi connectivity index (χ1n) is 9.16. The van der Waals surface area contributed by atoms with Crippen molar-refractivity contribution < 1.29 is 13.2 Å². The van der Waals surface area contributed by atoms with E-state index in [-0.39, 0.29) is 22.2 Å². The second-order valence-electron chi connectivity index (χ2n) is 6.84. The molecule has 0 radical (unpaired) electrons. The number of nitrogens with zero attached hydrogens (tertiary/aromatic N) is 1. The molecule has 152 valence electrons. The molecule has 4 aromatic rings. The molecule has 4 rings (SSSR count). The second-order valence-corrected chi connectivity index (χ2v) is 9.16. The maximum atomic E-state index is 12.9. The van der Waals surface area contributed by atoms with Gasteiger partial charge in [-0.1, -0.05) is 29.8 Å². The fraction of sp³-hybridized carbons (Fsp3) is 0.0909. The molecule has 6 nitrogen and oxygen atoms in total. The van der Waals surface area contributed by atoms with Crippen LogP contribution in [0.5, 0.6) is 0 Å². The third kappa shape index (κ3) is 3.81. The number of aromatic nitrogens is 2. The predicted octanol–water partition coefficient (Wildman–Crippen LogP) is 4.29. The van der Waals surface area contributed by atoms with Crippen LogP contribution in [-0.2, 0) is 16.4 Å². The SMILES string of the molecule is Cc1c(Cl)cccc1S(=O)(=O)c1ccc(CNC(=O)c2cc3cnccc3[nH]2)cc1. The molecule has 2 aromatic heterocycles. The van der Waals surface area contributed by atoms with Crippen molar-refractivity contribution in [3.05, 3.63) is 88.8 Å². The molecule has 8 heteroatoms. The molecule has 2 N–H and O–H groups in total. The average molecular weight is 440 g/mol. The maximum absolute atomic E-state index is 12.9. The zero-order valence-electron chi connectivity index (χ0n) is 16.0. The van der Waals surface area contributed by atoms with Crippen molar-refractivity contribution in [2.75, 3.05) is 0 Å². The number of amides is 1. The van der Waals surface area contributed by atoms with E-state index >= 15 is 0 Å². The zero-order valence-corrected chi connectivity index (χ0v) is 17.6. The monoisotopic (exact) mass is 439 g/mol. The van der Waals surface area contributed by atoms with Gasteiger partial charge in [0.1, 0.15) is 5.69 Å². The highest BCUT2D eigenvalue weighted by molar-refractivity contribution is 7.91. The van der Waals surface area contributed by atoms with E-state index in [4.69, 9.17) is 11.6 Å². The first-order valence-corrected chi connectivity index (χ1v) is 11.0. The molecule has 2 aromatic carbocycles. The third-order valence-electron chi connectivity index (χ3n) is 4.86. The van der Waals surface area contributed by atoms with Gasteiger partial charge in [0.25, 0.3) is 5.91 Å². The first kappa shape index (κ1) is 20.1. The summed E-state index contributed by atoms with van der Waals surface area (Å²) in [4.78, 5) is 19.8. The fourth-order valence-electron chi connectivity index (χ4n) is 3.16. The number of H-pyrrole nitrogens is 1. The van der Waals surface area contributed by atoms with Crippen LogP contribution >= 0.6 is 11.6 Å². The Labute approximate surface area is 178 Å². The summed E-state index contributed by atoms with van der Waals surface area (Å²) in [6.45, 7) is 1.95. The molecule has 0 aliphatic heterocycles. The topological polar surface area (TPSA) is 91.9 Å². The Morgan fingerprint density at radius 3 is 2.63 bits per heavy atom. The van der Waals surface area contributed by atoms with Crippen molar-refractivity contribution in [1.29, 1.82) is 0 Å². The molecule has 0 bridgehead atoms. The van der Waals surface area contributed by atoms with Gasteiger partial charge in [-0.3, -0.25) is 9.78 Å². The Morgan fingerprint density at radius 2 is 1.90 bits per heavy atom. The lowest BCUT2D eigenvalue weighted by atomic mass is 10.2. The van der Waals surface area contributed by atoms with Gasteiger partial charge in [-0.25, -0.2) is 8.42 Å². The lowest BCUT2D eigenvalue weighted by Gasteiger charge is -2.10. The summed E-state index contributed by atoms with van der Waals surface area (Å²) in [6, 6.07) is 14.8. The normalized spacial score (nSPS) is 11.5. The molecule has 0 atom stereocenters. The molecule has 0 aliphatic rings. The first-order chi connectivity index (χ1) is 14.4. The van der Waals surface area contributed by atoms with Crippen LogP contribution in [0.3, 0.4) is 0 Å². The van der Waals surface area contributed by atoms with E-state index in [0.29, 0.717) is 16.3 Å². The van der Waals surface area contributed by atoms with Crippen LogP contribution in [-0.4, -0.2) is 24.3 Å². The molecule has 0 spiro atoms. The van der Waals surface area contributed by atoms with Crippen LogP contribution < -0.4 is 5.32 Å². The molecule has 30 heavy (non-hydrogen) atoms. The van der Waals surface area contributed by atoms with E-state index in [9.17, 15) is 13.2 Å². The Balaban J connectivity index is 1.48. The summed E-state index contributed by atoms with van der Waals surface area (Å²) in [5, 5.41) is 4.09. The number of pyridine rings is 1. The lowest BCUT2D eigenvalue weighted by molar-refractivity contribution is 0.0946. The molecule has 1 amide bonds. The van der Waals surface area contributed by atoms with E-state index in [2.05, 4.69) is 15.3 Å². The van der Waals surface area contributed by atoms with Crippen molar-refractivity contribution in [2.45, 2.75) is 23.3 Å². The highest BCUT2D eigenvalue weighted by atomic mass is 35.5. The quantitative estimate of drug-likeness (QED) is 0.485. The number of hydrogen-bond donors (Lipinski definition) is 2. The zero-order chi connectivity index (χ0) is 21.3. The van der Waals surface area contributed by atoms with Crippen LogP contribution in [0.1, 0.15) is 21.6 Å². The Bertz CT molecular complexity index is 1310. The molecule has 0 unspecified atom stereocenters. The number of fused-ring (bicyclic) bond motifs is 1. The summed E-state index contributed by atoms with van der Waals surface area (Å²) >= 11 is 6.07. The van der Waals surface area contributed by atoms with Crippen LogP contribution in [0.4, 0.5) is 0 Å². The Hall–Kier alpha value is -3.16. The number of sulfone groups is 1. The van der Waals surface area contributed by atoms with Gasteiger partial charge in [-0.2, -0.15) is 0 Å². The summed E-state index contributed by atoms with van der Waals surface area (Å²) in [5.74, 6) is -0.252. The highest BCUT2D eigenvalue weighted by Gasteiger charge is 2.21. The second kappa shape index (κ2) is 7.93. The Kier molecular flexibility index (Phi) is 5.32. The molecule has 0 saturated carbocycles.